The number of aryl methyl sites for hydroxylation is 2. The van der Waals surface area contributed by atoms with E-state index in [1.165, 1.54) is 0 Å². The second-order valence-electron chi connectivity index (χ2n) is 4.82. The quantitative estimate of drug-likeness (QED) is 0.873. The smallest absolute Gasteiger partial charge is 0.312 e. The Labute approximate surface area is 129 Å². The van der Waals surface area contributed by atoms with Crippen LogP contribution in [-0.2, 0) is 11.2 Å². The van der Waals surface area contributed by atoms with E-state index in [1.54, 1.807) is 11.3 Å². The molecule has 0 bridgehead atoms. The van der Waals surface area contributed by atoms with Crippen LogP contribution in [0.5, 0.6) is 0 Å². The van der Waals surface area contributed by atoms with E-state index in [2.05, 4.69) is 26.2 Å². The van der Waals surface area contributed by atoms with Gasteiger partial charge in [0.05, 0.1) is 11.4 Å². The molecule has 0 fully saturated rings. The van der Waals surface area contributed by atoms with Crippen LogP contribution in [0.3, 0.4) is 0 Å². The third-order valence-electron chi connectivity index (χ3n) is 3.45. The summed E-state index contributed by atoms with van der Waals surface area (Å²) in [6.07, 6.45) is 1.47. The summed E-state index contributed by atoms with van der Waals surface area (Å²) < 4.78 is 1.00. The average molecular weight is 353 g/mol. The number of thiazole rings is 1. The zero-order chi connectivity index (χ0) is 14.3. The topological polar surface area (TPSA) is 62.2 Å². The van der Waals surface area contributed by atoms with Gasteiger partial charge in [0, 0.05) is 9.35 Å². The van der Waals surface area contributed by atoms with E-state index in [0.29, 0.717) is 6.42 Å². The van der Waals surface area contributed by atoms with Crippen molar-refractivity contribution in [2.75, 3.05) is 5.32 Å². The fraction of sp³-hybridized carbons (Fsp3) is 0.286. The monoisotopic (exact) mass is 352 g/mol. The van der Waals surface area contributed by atoms with Gasteiger partial charge in [0.15, 0.2) is 5.13 Å². The van der Waals surface area contributed by atoms with E-state index in [-0.39, 0.29) is 0 Å². The second-order valence-corrected chi connectivity index (χ2v) is 6.70. The van der Waals surface area contributed by atoms with Crippen molar-refractivity contribution in [3.05, 3.63) is 38.8 Å². The molecule has 4 nitrogen and oxygen atoms in total. The molecular weight excluding hydrogens is 340 g/mol. The molecule has 1 aromatic carbocycles. The number of hydrogen-bond acceptors (Lipinski definition) is 4. The fourth-order valence-corrected chi connectivity index (χ4v) is 3.79. The van der Waals surface area contributed by atoms with E-state index in [1.807, 2.05) is 25.1 Å². The zero-order valence-corrected chi connectivity index (χ0v) is 13.2. The summed E-state index contributed by atoms with van der Waals surface area (Å²) in [6.45, 7) is 2.03. The zero-order valence-electron chi connectivity index (χ0n) is 10.8. The van der Waals surface area contributed by atoms with Gasteiger partial charge < -0.3 is 10.4 Å². The maximum atomic E-state index is 11.2. The number of hydrogen-bond donors (Lipinski definition) is 2. The van der Waals surface area contributed by atoms with Crippen LogP contribution in [0, 0.1) is 6.92 Å². The van der Waals surface area contributed by atoms with Gasteiger partial charge in [-0.25, -0.2) is 4.98 Å². The second kappa shape index (κ2) is 5.18. The van der Waals surface area contributed by atoms with Crippen molar-refractivity contribution >= 4 is 44.1 Å². The van der Waals surface area contributed by atoms with Crippen molar-refractivity contribution in [1.82, 2.24) is 4.98 Å². The van der Waals surface area contributed by atoms with Crippen molar-refractivity contribution in [1.29, 1.82) is 0 Å². The van der Waals surface area contributed by atoms with Crippen LogP contribution in [0.1, 0.15) is 28.5 Å². The van der Waals surface area contributed by atoms with E-state index in [9.17, 15) is 9.90 Å². The van der Waals surface area contributed by atoms with E-state index < -0.39 is 11.9 Å². The molecule has 0 amide bonds. The molecule has 0 aliphatic heterocycles. The highest BCUT2D eigenvalue weighted by Gasteiger charge is 2.32. The number of halogens is 1. The molecule has 1 heterocycles. The molecule has 0 saturated heterocycles. The normalized spacial score (nSPS) is 17.0. The van der Waals surface area contributed by atoms with Crippen LogP contribution in [0.15, 0.2) is 22.7 Å². The van der Waals surface area contributed by atoms with Crippen molar-refractivity contribution in [3.63, 3.8) is 0 Å². The molecule has 1 aliphatic carbocycles. The minimum absolute atomic E-state index is 0.447. The number of fused-ring (bicyclic) bond motifs is 1. The average Bonchev–Trinajstić information content (AvgIpc) is 2.94. The number of carboxylic acids is 1. The molecule has 3 rings (SSSR count). The summed E-state index contributed by atoms with van der Waals surface area (Å²) in [7, 11) is 0. The molecule has 0 radical (unpaired) electrons. The van der Waals surface area contributed by atoms with Crippen LogP contribution >= 0.6 is 27.3 Å². The molecule has 2 aromatic rings. The Bertz CT molecular complexity index is 684. The summed E-state index contributed by atoms with van der Waals surface area (Å²) in [4.78, 5) is 16.7. The summed E-state index contributed by atoms with van der Waals surface area (Å²) in [5, 5.41) is 13.2. The van der Waals surface area contributed by atoms with Crippen molar-refractivity contribution in [2.24, 2.45) is 0 Å². The molecule has 0 saturated carbocycles. The molecule has 1 unspecified atom stereocenters. The first kappa shape index (κ1) is 13.6. The Morgan fingerprint density at radius 1 is 1.55 bits per heavy atom. The highest BCUT2D eigenvalue weighted by molar-refractivity contribution is 9.10. The number of aromatic nitrogens is 1. The number of carbonyl (C=O) groups is 1. The Morgan fingerprint density at radius 2 is 2.35 bits per heavy atom. The van der Waals surface area contributed by atoms with Gasteiger partial charge in [0.25, 0.3) is 0 Å². The first-order chi connectivity index (χ1) is 9.56. The van der Waals surface area contributed by atoms with Crippen molar-refractivity contribution < 1.29 is 9.90 Å². The molecule has 6 heteroatoms. The lowest BCUT2D eigenvalue weighted by Crippen LogP contribution is -2.08. The lowest BCUT2D eigenvalue weighted by Gasteiger charge is -2.08. The van der Waals surface area contributed by atoms with Gasteiger partial charge in [-0.15, -0.1) is 11.3 Å². The van der Waals surface area contributed by atoms with Gasteiger partial charge in [-0.3, -0.25) is 4.79 Å². The van der Waals surface area contributed by atoms with Crippen LogP contribution in [-0.4, -0.2) is 16.1 Å². The molecule has 104 valence electrons. The third-order valence-corrected chi connectivity index (χ3v) is 5.55. The first-order valence-corrected chi connectivity index (χ1v) is 7.91. The third kappa shape index (κ3) is 2.33. The molecule has 1 aliphatic rings. The summed E-state index contributed by atoms with van der Waals surface area (Å²) in [6, 6.07) is 5.97. The van der Waals surface area contributed by atoms with Crippen LogP contribution in [0.2, 0.25) is 0 Å². The van der Waals surface area contributed by atoms with E-state index in [4.69, 9.17) is 0 Å². The SMILES string of the molecule is Cc1cccc(Nc2nc3c(s2)CCC3C(=O)O)c1Br. The fourth-order valence-electron chi connectivity index (χ4n) is 2.38. The summed E-state index contributed by atoms with van der Waals surface area (Å²) in [5.74, 6) is -1.23. The molecular formula is C14H13BrN2O2S. The number of anilines is 2. The first-order valence-electron chi connectivity index (χ1n) is 6.31. The predicted molar refractivity (Wildman–Crippen MR) is 83.0 cm³/mol. The molecule has 20 heavy (non-hydrogen) atoms. The summed E-state index contributed by atoms with van der Waals surface area (Å²) >= 11 is 5.10. The van der Waals surface area contributed by atoms with Crippen LogP contribution < -0.4 is 5.32 Å². The highest BCUT2D eigenvalue weighted by atomic mass is 79.9. The molecule has 2 N–H and O–H groups in total. The maximum Gasteiger partial charge on any atom is 0.312 e. The number of nitrogens with one attached hydrogen (secondary N) is 1. The Morgan fingerprint density at radius 3 is 3.10 bits per heavy atom. The molecule has 0 spiro atoms. The van der Waals surface area contributed by atoms with Gasteiger partial charge in [-0.2, -0.15) is 0 Å². The predicted octanol–water partition coefficient (Wildman–Crippen LogP) is 4.07. The van der Waals surface area contributed by atoms with Gasteiger partial charge in [0.2, 0.25) is 0 Å². The standard InChI is InChI=1S/C14H13BrN2O2S/c1-7-3-2-4-9(11(7)15)16-14-17-12-8(13(18)19)5-6-10(12)20-14/h2-4,8H,5-6H2,1H3,(H,16,17)(H,18,19). The van der Waals surface area contributed by atoms with E-state index >= 15 is 0 Å². The van der Waals surface area contributed by atoms with E-state index in [0.717, 1.165) is 37.8 Å². The Hall–Kier alpha value is -1.40. The van der Waals surface area contributed by atoms with Crippen LogP contribution in [0.25, 0.3) is 0 Å². The van der Waals surface area contributed by atoms with Gasteiger partial charge in [-0.05, 0) is 47.3 Å². The van der Waals surface area contributed by atoms with Crippen molar-refractivity contribution in [2.45, 2.75) is 25.7 Å². The highest BCUT2D eigenvalue weighted by Crippen LogP contribution is 2.40. The lowest BCUT2D eigenvalue weighted by atomic mass is 10.1. The number of nitrogens with zero attached hydrogens (tertiary/aromatic N) is 1. The van der Waals surface area contributed by atoms with Crippen LogP contribution in [0.4, 0.5) is 10.8 Å². The number of aliphatic carboxylic acids is 1. The lowest BCUT2D eigenvalue weighted by molar-refractivity contribution is -0.138. The largest absolute Gasteiger partial charge is 0.481 e. The summed E-state index contributed by atoms with van der Waals surface area (Å²) in [5.41, 5.74) is 2.82. The van der Waals surface area contributed by atoms with Crippen molar-refractivity contribution in [3.8, 4) is 0 Å². The molecule has 1 atom stereocenters. The van der Waals surface area contributed by atoms with Gasteiger partial charge in [-0.1, -0.05) is 12.1 Å². The maximum absolute atomic E-state index is 11.2. The van der Waals surface area contributed by atoms with Gasteiger partial charge >= 0.3 is 5.97 Å². The van der Waals surface area contributed by atoms with Gasteiger partial charge in [0.1, 0.15) is 5.92 Å². The number of rotatable bonds is 3. The minimum Gasteiger partial charge on any atom is -0.481 e. The number of carboxylic acid groups (broad SMARTS) is 1. The Kier molecular flexibility index (Phi) is 3.52. The Balaban J connectivity index is 1.88. The minimum atomic E-state index is -0.780. The number of benzene rings is 1. The molecule has 1 aromatic heterocycles.